The van der Waals surface area contributed by atoms with Crippen LogP contribution in [-0.2, 0) is 6.54 Å². The van der Waals surface area contributed by atoms with E-state index in [0.29, 0.717) is 13.2 Å². The number of hydrogen-bond acceptors (Lipinski definition) is 3. The number of ether oxygens (including phenoxy) is 1. The minimum atomic E-state index is -0.934. The molecular formula is C13H13F2NOS. The van der Waals surface area contributed by atoms with Crippen LogP contribution in [0.5, 0.6) is 5.75 Å². The molecule has 5 heteroatoms. The maximum absolute atomic E-state index is 13.2. The normalized spacial score (nSPS) is 10.6. The molecule has 2 rings (SSSR count). The van der Waals surface area contributed by atoms with Crippen molar-refractivity contribution in [3.63, 3.8) is 0 Å². The van der Waals surface area contributed by atoms with E-state index in [1.54, 1.807) is 11.3 Å². The molecule has 0 saturated heterocycles. The molecule has 0 atom stereocenters. The van der Waals surface area contributed by atoms with Crippen molar-refractivity contribution in [3.05, 3.63) is 52.2 Å². The lowest BCUT2D eigenvalue weighted by Gasteiger charge is -2.08. The monoisotopic (exact) mass is 269 g/mol. The Morgan fingerprint density at radius 3 is 2.83 bits per heavy atom. The van der Waals surface area contributed by atoms with E-state index in [1.807, 2.05) is 17.5 Å². The Morgan fingerprint density at radius 1 is 1.17 bits per heavy atom. The summed E-state index contributed by atoms with van der Waals surface area (Å²) < 4.78 is 31.2. The van der Waals surface area contributed by atoms with Gasteiger partial charge in [0.1, 0.15) is 6.61 Å². The molecule has 0 spiro atoms. The third-order valence-electron chi connectivity index (χ3n) is 2.33. The molecular weight excluding hydrogens is 256 g/mol. The van der Waals surface area contributed by atoms with Crippen LogP contribution in [0, 0.1) is 11.6 Å². The Morgan fingerprint density at radius 2 is 2.06 bits per heavy atom. The summed E-state index contributed by atoms with van der Waals surface area (Å²) in [5.74, 6) is -1.87. The van der Waals surface area contributed by atoms with E-state index in [1.165, 1.54) is 17.0 Å². The summed E-state index contributed by atoms with van der Waals surface area (Å²) in [4.78, 5) is 1.23. The van der Waals surface area contributed by atoms with Gasteiger partial charge in [-0.2, -0.15) is 4.39 Å². The van der Waals surface area contributed by atoms with Crippen molar-refractivity contribution in [1.29, 1.82) is 0 Å². The Bertz CT molecular complexity index is 488. The molecule has 2 aromatic rings. The predicted molar refractivity (Wildman–Crippen MR) is 67.9 cm³/mol. The standard InChI is InChI=1S/C13H13F2NOS/c14-11-4-1-5-12(13(11)15)17-7-6-16-9-10-3-2-8-18-10/h1-5,8,16H,6-7,9H2. The molecule has 0 aliphatic carbocycles. The molecule has 0 unspecified atom stereocenters. The summed E-state index contributed by atoms with van der Waals surface area (Å²) >= 11 is 1.67. The van der Waals surface area contributed by atoms with E-state index < -0.39 is 11.6 Å². The fourth-order valence-electron chi connectivity index (χ4n) is 1.45. The van der Waals surface area contributed by atoms with E-state index in [9.17, 15) is 8.78 Å². The second-order valence-corrected chi connectivity index (χ2v) is 4.69. The highest BCUT2D eigenvalue weighted by Crippen LogP contribution is 2.18. The number of thiophene rings is 1. The SMILES string of the molecule is Fc1cccc(OCCNCc2cccs2)c1F. The number of halogens is 2. The number of rotatable bonds is 6. The average molecular weight is 269 g/mol. The quantitative estimate of drug-likeness (QED) is 0.813. The Hall–Kier alpha value is -1.46. The van der Waals surface area contributed by atoms with Crippen molar-refractivity contribution in [2.24, 2.45) is 0 Å². The number of hydrogen-bond donors (Lipinski definition) is 1. The zero-order chi connectivity index (χ0) is 12.8. The van der Waals surface area contributed by atoms with Gasteiger partial charge in [0.25, 0.3) is 0 Å². The summed E-state index contributed by atoms with van der Waals surface area (Å²) in [7, 11) is 0. The molecule has 1 heterocycles. The molecule has 1 aromatic carbocycles. The second-order valence-electron chi connectivity index (χ2n) is 3.66. The van der Waals surface area contributed by atoms with Crippen molar-refractivity contribution >= 4 is 11.3 Å². The van der Waals surface area contributed by atoms with Crippen LogP contribution in [0.1, 0.15) is 4.88 Å². The van der Waals surface area contributed by atoms with Gasteiger partial charge in [0.05, 0.1) is 0 Å². The first-order chi connectivity index (χ1) is 8.77. The van der Waals surface area contributed by atoms with Gasteiger partial charge in [-0.25, -0.2) is 4.39 Å². The molecule has 96 valence electrons. The first-order valence-electron chi connectivity index (χ1n) is 5.57. The van der Waals surface area contributed by atoms with Crippen molar-refractivity contribution in [2.45, 2.75) is 6.54 Å². The summed E-state index contributed by atoms with van der Waals surface area (Å²) in [6.07, 6.45) is 0. The Balaban J connectivity index is 1.70. The van der Waals surface area contributed by atoms with Gasteiger partial charge in [-0.1, -0.05) is 12.1 Å². The molecule has 0 amide bonds. The lowest BCUT2D eigenvalue weighted by atomic mass is 10.3. The third-order valence-corrected chi connectivity index (χ3v) is 3.21. The van der Waals surface area contributed by atoms with Crippen molar-refractivity contribution < 1.29 is 13.5 Å². The summed E-state index contributed by atoms with van der Waals surface area (Å²) in [5, 5.41) is 5.17. The maximum Gasteiger partial charge on any atom is 0.200 e. The molecule has 0 aliphatic heterocycles. The van der Waals surface area contributed by atoms with E-state index in [4.69, 9.17) is 4.74 Å². The molecule has 18 heavy (non-hydrogen) atoms. The highest BCUT2D eigenvalue weighted by atomic mass is 32.1. The van der Waals surface area contributed by atoms with Gasteiger partial charge in [0, 0.05) is 18.0 Å². The first-order valence-corrected chi connectivity index (χ1v) is 6.45. The number of benzene rings is 1. The maximum atomic E-state index is 13.2. The molecule has 0 fully saturated rings. The van der Waals surface area contributed by atoms with Gasteiger partial charge in [-0.3, -0.25) is 0 Å². The highest BCUT2D eigenvalue weighted by Gasteiger charge is 2.07. The molecule has 2 nitrogen and oxygen atoms in total. The molecule has 1 aromatic heterocycles. The summed E-state index contributed by atoms with van der Waals surface area (Å²) in [6, 6.07) is 7.92. The van der Waals surface area contributed by atoms with Crippen molar-refractivity contribution in [2.75, 3.05) is 13.2 Å². The summed E-state index contributed by atoms with van der Waals surface area (Å²) in [6.45, 7) is 1.63. The Labute approximate surface area is 108 Å². The fraction of sp³-hybridized carbons (Fsp3) is 0.231. The van der Waals surface area contributed by atoms with E-state index in [2.05, 4.69) is 5.32 Å². The topological polar surface area (TPSA) is 21.3 Å². The molecule has 0 radical (unpaired) electrons. The third kappa shape index (κ3) is 3.51. The minimum absolute atomic E-state index is 0.0482. The first kappa shape index (κ1) is 13.0. The van der Waals surface area contributed by atoms with Crippen LogP contribution in [0.4, 0.5) is 8.78 Å². The van der Waals surface area contributed by atoms with E-state index in [-0.39, 0.29) is 5.75 Å². The van der Waals surface area contributed by atoms with Crippen molar-refractivity contribution in [1.82, 2.24) is 5.32 Å². The van der Waals surface area contributed by atoms with Crippen molar-refractivity contribution in [3.8, 4) is 5.75 Å². The van der Waals surface area contributed by atoms with Crippen LogP contribution >= 0.6 is 11.3 Å². The zero-order valence-electron chi connectivity index (χ0n) is 9.66. The molecule has 1 N–H and O–H groups in total. The van der Waals surface area contributed by atoms with Gasteiger partial charge in [0.15, 0.2) is 11.6 Å². The number of nitrogens with one attached hydrogen (secondary N) is 1. The van der Waals surface area contributed by atoms with Gasteiger partial charge in [-0.05, 0) is 23.6 Å². The van der Waals surface area contributed by atoms with Gasteiger partial charge >= 0.3 is 0 Å². The Kier molecular flexibility index (Phi) is 4.66. The molecule has 0 bridgehead atoms. The second kappa shape index (κ2) is 6.47. The van der Waals surface area contributed by atoms with Gasteiger partial charge in [0.2, 0.25) is 5.82 Å². The molecule has 0 saturated carbocycles. The van der Waals surface area contributed by atoms with E-state index >= 15 is 0 Å². The largest absolute Gasteiger partial charge is 0.489 e. The highest BCUT2D eigenvalue weighted by molar-refractivity contribution is 7.09. The van der Waals surface area contributed by atoms with Crippen LogP contribution in [-0.4, -0.2) is 13.2 Å². The zero-order valence-corrected chi connectivity index (χ0v) is 10.5. The lowest BCUT2D eigenvalue weighted by Crippen LogP contribution is -2.20. The van der Waals surface area contributed by atoms with Crippen LogP contribution in [0.2, 0.25) is 0 Å². The lowest BCUT2D eigenvalue weighted by molar-refractivity contribution is 0.293. The van der Waals surface area contributed by atoms with Crippen LogP contribution < -0.4 is 10.1 Å². The fourth-order valence-corrected chi connectivity index (χ4v) is 2.13. The van der Waals surface area contributed by atoms with Crippen LogP contribution in [0.3, 0.4) is 0 Å². The smallest absolute Gasteiger partial charge is 0.200 e. The predicted octanol–water partition coefficient (Wildman–Crippen LogP) is 3.19. The van der Waals surface area contributed by atoms with Crippen LogP contribution in [0.25, 0.3) is 0 Å². The van der Waals surface area contributed by atoms with Gasteiger partial charge < -0.3 is 10.1 Å². The van der Waals surface area contributed by atoms with Gasteiger partial charge in [-0.15, -0.1) is 11.3 Å². The van der Waals surface area contributed by atoms with Crippen LogP contribution in [0.15, 0.2) is 35.7 Å². The minimum Gasteiger partial charge on any atom is -0.489 e. The van der Waals surface area contributed by atoms with E-state index in [0.717, 1.165) is 12.6 Å². The molecule has 0 aliphatic rings. The summed E-state index contributed by atoms with van der Waals surface area (Å²) in [5.41, 5.74) is 0. The average Bonchev–Trinajstić information content (AvgIpc) is 2.87.